The van der Waals surface area contributed by atoms with E-state index in [1.807, 2.05) is 0 Å². The summed E-state index contributed by atoms with van der Waals surface area (Å²) in [5.74, 6) is -3.06. The number of anilines is 4. The first-order chi connectivity index (χ1) is 32.6. The van der Waals surface area contributed by atoms with E-state index in [1.165, 1.54) is 54.6 Å². The molecule has 0 saturated carbocycles. The van der Waals surface area contributed by atoms with Crippen molar-refractivity contribution in [1.82, 2.24) is 0 Å². The second-order valence-electron chi connectivity index (χ2n) is 14.4. The number of nitrogens with zero attached hydrogens (tertiary/aromatic N) is 4. The van der Waals surface area contributed by atoms with Crippen molar-refractivity contribution in [3.05, 3.63) is 129 Å². The molecule has 5 aromatic rings. The quantitative estimate of drug-likeness (QED) is 0.0314. The summed E-state index contributed by atoms with van der Waals surface area (Å²) < 4.78 is 11.3. The highest BCUT2D eigenvalue weighted by atomic mass is 35.5. The Kier molecular flexibility index (Phi) is 19.4. The van der Waals surface area contributed by atoms with Gasteiger partial charge in [0.15, 0.2) is 11.6 Å². The number of Topliss-reactive ketones (excluding diaryl/α,β-unsaturated/α-hetero) is 2. The normalized spacial score (nSPS) is 12.0. The van der Waals surface area contributed by atoms with E-state index in [-0.39, 0.29) is 61.6 Å². The highest BCUT2D eigenvalue weighted by Crippen LogP contribution is 2.34. The molecule has 354 valence electrons. The molecule has 0 heterocycles. The molecule has 0 aromatic heterocycles. The lowest BCUT2D eigenvalue weighted by atomic mass is 10.1. The Morgan fingerprint density at radius 1 is 0.544 bits per heavy atom. The van der Waals surface area contributed by atoms with Crippen LogP contribution in [0.3, 0.4) is 0 Å². The topological polar surface area (TPSA) is 218 Å². The Balaban J connectivity index is 1.26. The van der Waals surface area contributed by atoms with Crippen LogP contribution in [0.25, 0.3) is 0 Å². The Morgan fingerprint density at radius 3 is 1.40 bits per heavy atom. The molecule has 0 saturated heterocycles. The van der Waals surface area contributed by atoms with E-state index in [0.29, 0.717) is 41.7 Å². The van der Waals surface area contributed by atoms with Crippen molar-refractivity contribution in [3.63, 3.8) is 0 Å². The standard InChI is InChI=1S/C47H43Cl5N8O8/c1-5-67-38-19-27(22-48)13-16-34(38)55-44(63)31-9-7-11-36(40(31)51)57-59-42(25(3)61)46(65)53-30-15-18-33(29(21-30)24-50)54-47(66)43(26(4)62)60-58-37-12-8-10-32(41(37)52)45(64)56-35-17-14-28(23-49)20-39(35)68-6-2/h7-21,42-43H,5-6,22-24H2,1-4H3,(H,53,65)(H,54,66)(H,55,63)(H,56,64). The number of rotatable bonds is 21. The average molecular weight is 1030 g/mol. The van der Waals surface area contributed by atoms with Gasteiger partial charge in [0, 0.05) is 29.0 Å². The molecule has 0 aliphatic rings. The number of ketones is 2. The zero-order chi connectivity index (χ0) is 49.5. The van der Waals surface area contributed by atoms with Crippen LogP contribution in [-0.2, 0) is 36.8 Å². The summed E-state index contributed by atoms with van der Waals surface area (Å²) >= 11 is 31.3. The lowest BCUT2D eigenvalue weighted by Crippen LogP contribution is -2.32. The van der Waals surface area contributed by atoms with Crippen LogP contribution in [0.5, 0.6) is 11.5 Å². The van der Waals surface area contributed by atoms with Crippen LogP contribution >= 0.6 is 58.0 Å². The second kappa shape index (κ2) is 25.1. The Bertz CT molecular complexity index is 2790. The first-order valence-electron chi connectivity index (χ1n) is 20.6. The van der Waals surface area contributed by atoms with Gasteiger partial charge in [-0.2, -0.15) is 20.5 Å². The van der Waals surface area contributed by atoms with Crippen molar-refractivity contribution < 1.29 is 38.2 Å². The summed E-state index contributed by atoms with van der Waals surface area (Å²) in [7, 11) is 0. The van der Waals surface area contributed by atoms with Crippen molar-refractivity contribution in [3.8, 4) is 11.5 Å². The van der Waals surface area contributed by atoms with Crippen molar-refractivity contribution in [2.24, 2.45) is 20.5 Å². The minimum Gasteiger partial charge on any atom is -0.492 e. The molecular formula is C47H43Cl5N8O8. The lowest BCUT2D eigenvalue weighted by Gasteiger charge is -2.15. The number of benzene rings is 5. The van der Waals surface area contributed by atoms with Gasteiger partial charge in [0.1, 0.15) is 22.9 Å². The number of hydrogen-bond donors (Lipinski definition) is 4. The monoisotopic (exact) mass is 1020 g/mol. The lowest BCUT2D eigenvalue weighted by molar-refractivity contribution is -0.127. The average Bonchev–Trinajstić information content (AvgIpc) is 3.31. The zero-order valence-electron chi connectivity index (χ0n) is 36.8. The van der Waals surface area contributed by atoms with Crippen LogP contribution in [0.4, 0.5) is 34.1 Å². The van der Waals surface area contributed by atoms with Gasteiger partial charge in [-0.3, -0.25) is 28.8 Å². The molecule has 4 amide bonds. The van der Waals surface area contributed by atoms with Crippen LogP contribution in [0.2, 0.25) is 10.0 Å². The van der Waals surface area contributed by atoms with E-state index < -0.39 is 47.3 Å². The minimum absolute atomic E-state index is 0.00688. The highest BCUT2D eigenvalue weighted by Gasteiger charge is 2.27. The van der Waals surface area contributed by atoms with Gasteiger partial charge in [0.2, 0.25) is 12.1 Å². The molecule has 2 atom stereocenters. The fourth-order valence-corrected chi connectivity index (χ4v) is 7.23. The Labute approximate surface area is 416 Å². The second-order valence-corrected chi connectivity index (χ2v) is 16.0. The van der Waals surface area contributed by atoms with Gasteiger partial charge >= 0.3 is 0 Å². The first kappa shape index (κ1) is 52.5. The molecule has 21 heteroatoms. The summed E-state index contributed by atoms with van der Waals surface area (Å²) in [4.78, 5) is 78.8. The van der Waals surface area contributed by atoms with E-state index in [4.69, 9.17) is 67.5 Å². The van der Waals surface area contributed by atoms with Gasteiger partial charge in [0.05, 0.1) is 45.8 Å². The number of ether oxygens (including phenoxy) is 2. The summed E-state index contributed by atoms with van der Waals surface area (Å²) in [5, 5.41) is 26.6. The number of alkyl halides is 3. The molecule has 2 unspecified atom stereocenters. The fourth-order valence-electron chi connectivity index (χ4n) is 6.17. The molecule has 0 aliphatic carbocycles. The van der Waals surface area contributed by atoms with E-state index >= 15 is 0 Å². The highest BCUT2D eigenvalue weighted by molar-refractivity contribution is 6.37. The predicted octanol–water partition coefficient (Wildman–Crippen LogP) is 11.9. The minimum atomic E-state index is -1.65. The SMILES string of the molecule is CCOc1cc(CCl)ccc1NC(=O)c1cccc(N=NC(C(C)=O)C(=O)Nc2ccc(NC(=O)C(N=Nc3cccc(C(=O)Nc4ccc(CCl)cc4OCC)c3Cl)C(C)=O)c(CCl)c2)c1Cl. The maximum atomic E-state index is 13.5. The number of carbonyl (C=O) groups is 6. The summed E-state index contributed by atoms with van der Waals surface area (Å²) in [5.41, 5.74) is 3.10. The van der Waals surface area contributed by atoms with E-state index in [0.717, 1.165) is 25.0 Å². The number of azo groups is 2. The van der Waals surface area contributed by atoms with Crippen LogP contribution in [0, 0.1) is 0 Å². The van der Waals surface area contributed by atoms with Crippen LogP contribution in [0.1, 0.15) is 65.1 Å². The number of amides is 4. The van der Waals surface area contributed by atoms with Gasteiger partial charge in [-0.25, -0.2) is 0 Å². The molecule has 0 bridgehead atoms. The van der Waals surface area contributed by atoms with Crippen LogP contribution in [0.15, 0.2) is 111 Å². The van der Waals surface area contributed by atoms with Crippen molar-refractivity contribution in [2.45, 2.75) is 57.4 Å². The van der Waals surface area contributed by atoms with Crippen molar-refractivity contribution in [2.75, 3.05) is 34.5 Å². The summed E-state index contributed by atoms with van der Waals surface area (Å²) in [6.07, 6.45) is 0. The first-order valence-corrected chi connectivity index (χ1v) is 22.9. The zero-order valence-corrected chi connectivity index (χ0v) is 40.6. The Morgan fingerprint density at radius 2 is 0.985 bits per heavy atom. The number of hydrogen-bond acceptors (Lipinski definition) is 12. The predicted molar refractivity (Wildman–Crippen MR) is 264 cm³/mol. The molecule has 0 spiro atoms. The molecule has 16 nitrogen and oxygen atoms in total. The smallest absolute Gasteiger partial charge is 0.258 e. The maximum absolute atomic E-state index is 13.5. The number of carbonyl (C=O) groups excluding carboxylic acids is 6. The number of nitrogens with one attached hydrogen (secondary N) is 4. The van der Waals surface area contributed by atoms with E-state index in [9.17, 15) is 28.8 Å². The van der Waals surface area contributed by atoms with E-state index in [2.05, 4.69) is 41.7 Å². The van der Waals surface area contributed by atoms with Gasteiger partial charge in [-0.05, 0) is 111 Å². The van der Waals surface area contributed by atoms with Gasteiger partial charge in [-0.1, -0.05) is 47.5 Å². The third-order valence-corrected chi connectivity index (χ3v) is 11.2. The van der Waals surface area contributed by atoms with Crippen molar-refractivity contribution in [1.29, 1.82) is 0 Å². The molecule has 68 heavy (non-hydrogen) atoms. The van der Waals surface area contributed by atoms with Gasteiger partial charge in [-0.15, -0.1) is 34.8 Å². The third-order valence-electron chi connectivity index (χ3n) is 9.55. The van der Waals surface area contributed by atoms with Crippen molar-refractivity contribution >= 4 is 127 Å². The molecule has 4 N–H and O–H groups in total. The molecular weight excluding hydrogens is 982 g/mol. The molecule has 0 aliphatic heterocycles. The largest absolute Gasteiger partial charge is 0.492 e. The van der Waals surface area contributed by atoms with Gasteiger partial charge in [0.25, 0.3) is 23.6 Å². The third kappa shape index (κ3) is 13.6. The molecule has 5 aromatic carbocycles. The Hall–Kier alpha value is -6.43. The summed E-state index contributed by atoms with van der Waals surface area (Å²) in [6, 6.07) is 20.1. The summed E-state index contributed by atoms with van der Waals surface area (Å²) in [6.45, 7) is 6.58. The number of halogens is 5. The molecule has 5 rings (SSSR count). The van der Waals surface area contributed by atoms with Crippen LogP contribution < -0.4 is 30.7 Å². The maximum Gasteiger partial charge on any atom is 0.258 e. The molecule has 0 fully saturated rings. The van der Waals surface area contributed by atoms with Crippen LogP contribution in [-0.4, -0.2) is 60.5 Å². The van der Waals surface area contributed by atoms with Gasteiger partial charge < -0.3 is 30.7 Å². The molecule has 0 radical (unpaired) electrons. The van der Waals surface area contributed by atoms with E-state index in [1.54, 1.807) is 50.2 Å². The fraction of sp³-hybridized carbons (Fsp3) is 0.234.